The standard InChI is InChI=1S/C27H21BrO8/c1-4-34-27(31)25-23(16-7-12-20(32-2)22(13-16)33-3)24(29)19-11-10-18(14-21(19)36-25)35-26(30)15-5-8-17(28)9-6-15/h5-14H,4H2,1-3H3. The Morgan fingerprint density at radius 2 is 1.61 bits per heavy atom. The number of methoxy groups -OCH3 is 2. The molecule has 1 heterocycles. The van der Waals surface area contributed by atoms with Gasteiger partial charge in [0.25, 0.3) is 0 Å². The Labute approximate surface area is 214 Å². The Kier molecular flexibility index (Phi) is 7.40. The minimum absolute atomic E-state index is 0.0153. The highest BCUT2D eigenvalue weighted by Crippen LogP contribution is 2.34. The third kappa shape index (κ3) is 4.96. The van der Waals surface area contributed by atoms with Crippen LogP contribution in [0.15, 0.2) is 74.3 Å². The summed E-state index contributed by atoms with van der Waals surface area (Å²) in [6.07, 6.45) is 0. The molecule has 0 fully saturated rings. The van der Waals surface area contributed by atoms with Crippen molar-refractivity contribution in [3.63, 3.8) is 0 Å². The third-order valence-corrected chi connectivity index (χ3v) is 5.82. The van der Waals surface area contributed by atoms with Gasteiger partial charge in [0.1, 0.15) is 11.3 Å². The number of ether oxygens (including phenoxy) is 4. The molecule has 4 aromatic rings. The lowest BCUT2D eigenvalue weighted by molar-refractivity contribution is 0.0491. The van der Waals surface area contributed by atoms with Crippen LogP contribution in [-0.2, 0) is 4.74 Å². The van der Waals surface area contributed by atoms with Crippen LogP contribution in [0.25, 0.3) is 22.1 Å². The maximum absolute atomic E-state index is 13.5. The molecule has 0 radical (unpaired) electrons. The lowest BCUT2D eigenvalue weighted by atomic mass is 10.0. The number of carbonyl (C=O) groups excluding carboxylic acids is 2. The summed E-state index contributed by atoms with van der Waals surface area (Å²) in [7, 11) is 2.96. The van der Waals surface area contributed by atoms with Gasteiger partial charge in [0.15, 0.2) is 11.5 Å². The van der Waals surface area contributed by atoms with Gasteiger partial charge in [-0.2, -0.15) is 0 Å². The molecule has 0 aliphatic carbocycles. The van der Waals surface area contributed by atoms with E-state index in [1.807, 2.05) is 0 Å². The maximum atomic E-state index is 13.5. The van der Waals surface area contributed by atoms with Crippen LogP contribution in [0.3, 0.4) is 0 Å². The van der Waals surface area contributed by atoms with Gasteiger partial charge < -0.3 is 23.4 Å². The topological polar surface area (TPSA) is 101 Å². The number of carbonyl (C=O) groups is 2. The van der Waals surface area contributed by atoms with Crippen molar-refractivity contribution in [2.75, 3.05) is 20.8 Å². The second kappa shape index (κ2) is 10.7. The summed E-state index contributed by atoms with van der Waals surface area (Å²) >= 11 is 3.32. The fourth-order valence-electron chi connectivity index (χ4n) is 3.58. The van der Waals surface area contributed by atoms with Crippen LogP contribution in [0, 0.1) is 0 Å². The van der Waals surface area contributed by atoms with Crippen molar-refractivity contribution in [2.45, 2.75) is 6.92 Å². The van der Waals surface area contributed by atoms with Crippen LogP contribution in [0.2, 0.25) is 0 Å². The van der Waals surface area contributed by atoms with Crippen molar-refractivity contribution in [1.29, 1.82) is 0 Å². The van der Waals surface area contributed by atoms with Crippen LogP contribution in [0.5, 0.6) is 17.2 Å². The molecule has 8 nitrogen and oxygen atoms in total. The van der Waals surface area contributed by atoms with Gasteiger partial charge in [0, 0.05) is 10.5 Å². The zero-order chi connectivity index (χ0) is 25.8. The molecule has 9 heteroatoms. The molecule has 1 aromatic heterocycles. The molecular weight excluding hydrogens is 532 g/mol. The fraction of sp³-hybridized carbons (Fsp3) is 0.148. The van der Waals surface area contributed by atoms with Crippen LogP contribution >= 0.6 is 15.9 Å². The van der Waals surface area contributed by atoms with Crippen molar-refractivity contribution >= 4 is 38.8 Å². The SMILES string of the molecule is CCOC(=O)c1oc2cc(OC(=O)c3ccc(Br)cc3)ccc2c(=O)c1-c1ccc(OC)c(OC)c1. The molecular formula is C27H21BrO8. The molecule has 0 unspecified atom stereocenters. The lowest BCUT2D eigenvalue weighted by Crippen LogP contribution is -2.15. The molecule has 0 saturated heterocycles. The first-order chi connectivity index (χ1) is 17.4. The van der Waals surface area contributed by atoms with Crippen molar-refractivity contribution in [2.24, 2.45) is 0 Å². The smallest absolute Gasteiger partial charge is 0.375 e. The van der Waals surface area contributed by atoms with E-state index in [2.05, 4.69) is 15.9 Å². The van der Waals surface area contributed by atoms with Gasteiger partial charge in [-0.05, 0) is 61.0 Å². The number of hydrogen-bond acceptors (Lipinski definition) is 8. The summed E-state index contributed by atoms with van der Waals surface area (Å²) in [5, 5.41) is 0.191. The van der Waals surface area contributed by atoms with Crippen molar-refractivity contribution in [1.82, 2.24) is 0 Å². The van der Waals surface area contributed by atoms with Crippen molar-refractivity contribution in [3.05, 3.63) is 86.7 Å². The molecule has 4 rings (SSSR count). The zero-order valence-corrected chi connectivity index (χ0v) is 21.2. The van der Waals surface area contributed by atoms with Gasteiger partial charge in [-0.3, -0.25) is 4.79 Å². The molecule has 184 valence electrons. The molecule has 0 atom stereocenters. The molecule has 0 bridgehead atoms. The first-order valence-corrected chi connectivity index (χ1v) is 11.6. The zero-order valence-electron chi connectivity index (χ0n) is 19.6. The molecule has 0 saturated carbocycles. The van der Waals surface area contributed by atoms with E-state index in [-0.39, 0.29) is 34.6 Å². The summed E-state index contributed by atoms with van der Waals surface area (Å²) < 4.78 is 27.9. The normalized spacial score (nSPS) is 10.7. The van der Waals surface area contributed by atoms with E-state index in [0.29, 0.717) is 22.6 Å². The van der Waals surface area contributed by atoms with E-state index in [4.69, 9.17) is 23.4 Å². The first kappa shape index (κ1) is 25.0. The van der Waals surface area contributed by atoms with Crippen LogP contribution in [0.4, 0.5) is 0 Å². The van der Waals surface area contributed by atoms with E-state index in [9.17, 15) is 14.4 Å². The number of esters is 2. The van der Waals surface area contributed by atoms with Gasteiger partial charge in [0.05, 0.1) is 37.3 Å². The van der Waals surface area contributed by atoms with Crippen LogP contribution < -0.4 is 19.6 Å². The number of rotatable bonds is 7. The Hall–Kier alpha value is -4.11. The molecule has 0 aliphatic heterocycles. The molecule has 36 heavy (non-hydrogen) atoms. The Morgan fingerprint density at radius 1 is 0.889 bits per heavy atom. The lowest BCUT2D eigenvalue weighted by Gasteiger charge is -2.13. The van der Waals surface area contributed by atoms with E-state index < -0.39 is 17.4 Å². The van der Waals surface area contributed by atoms with E-state index in [0.717, 1.165) is 4.47 Å². The highest BCUT2D eigenvalue weighted by atomic mass is 79.9. The number of fused-ring (bicyclic) bond motifs is 1. The Morgan fingerprint density at radius 3 is 2.28 bits per heavy atom. The largest absolute Gasteiger partial charge is 0.493 e. The maximum Gasteiger partial charge on any atom is 0.375 e. The van der Waals surface area contributed by atoms with E-state index >= 15 is 0 Å². The average Bonchev–Trinajstić information content (AvgIpc) is 2.88. The molecule has 0 amide bonds. The molecule has 0 spiro atoms. The highest BCUT2D eigenvalue weighted by molar-refractivity contribution is 9.10. The summed E-state index contributed by atoms with van der Waals surface area (Å²) in [4.78, 5) is 38.8. The quantitative estimate of drug-likeness (QED) is 0.214. The summed E-state index contributed by atoms with van der Waals surface area (Å²) in [6.45, 7) is 1.73. The predicted molar refractivity (Wildman–Crippen MR) is 136 cm³/mol. The summed E-state index contributed by atoms with van der Waals surface area (Å²) in [5.41, 5.74) is 0.347. The van der Waals surface area contributed by atoms with Crippen LogP contribution in [-0.4, -0.2) is 32.8 Å². The van der Waals surface area contributed by atoms with E-state index in [1.54, 1.807) is 49.4 Å². The summed E-state index contributed by atoms with van der Waals surface area (Å²) in [6, 6.07) is 15.8. The monoisotopic (exact) mass is 552 g/mol. The minimum Gasteiger partial charge on any atom is -0.493 e. The van der Waals surface area contributed by atoms with Gasteiger partial charge >= 0.3 is 11.9 Å². The second-order valence-electron chi connectivity index (χ2n) is 7.48. The number of halogens is 1. The molecule has 3 aromatic carbocycles. The van der Waals surface area contributed by atoms with Gasteiger partial charge in [0.2, 0.25) is 11.2 Å². The van der Waals surface area contributed by atoms with E-state index in [1.165, 1.54) is 32.4 Å². The highest BCUT2D eigenvalue weighted by Gasteiger charge is 2.24. The summed E-state index contributed by atoms with van der Waals surface area (Å²) in [5.74, 6) is -0.693. The van der Waals surface area contributed by atoms with Crippen LogP contribution in [0.1, 0.15) is 27.8 Å². The average molecular weight is 553 g/mol. The number of benzene rings is 3. The number of hydrogen-bond donors (Lipinski definition) is 0. The van der Waals surface area contributed by atoms with Gasteiger partial charge in [-0.1, -0.05) is 22.0 Å². The van der Waals surface area contributed by atoms with Gasteiger partial charge in [-0.25, -0.2) is 9.59 Å². The predicted octanol–water partition coefficient (Wildman–Crippen LogP) is 5.64. The fourth-order valence-corrected chi connectivity index (χ4v) is 3.85. The second-order valence-corrected chi connectivity index (χ2v) is 8.40. The van der Waals surface area contributed by atoms with Crippen molar-refractivity contribution < 1.29 is 33.0 Å². The molecule has 0 aliphatic rings. The van der Waals surface area contributed by atoms with Gasteiger partial charge in [-0.15, -0.1) is 0 Å². The first-order valence-electron chi connectivity index (χ1n) is 10.8. The molecule has 0 N–H and O–H groups in total. The Balaban J connectivity index is 1.82. The Bertz CT molecular complexity index is 1510. The minimum atomic E-state index is -0.807. The van der Waals surface area contributed by atoms with Crippen molar-refractivity contribution in [3.8, 4) is 28.4 Å². The third-order valence-electron chi connectivity index (χ3n) is 5.29.